The molecule has 0 saturated carbocycles. The first-order chi connectivity index (χ1) is 29.0. The lowest BCUT2D eigenvalue weighted by Gasteiger charge is -2.43. The van der Waals surface area contributed by atoms with Gasteiger partial charge in [-0.15, -0.1) is 0 Å². The SMILES string of the molecule is CC1(C)c2cc3c(cc2-c2cc4c(cc21)N(c1ccc2c(c1)c1ccccc1n2-c1ccccc1)c1ccccc1C4(C)C)C(C)(C)c1ccccc1N3c1ccccc1. The van der Waals surface area contributed by atoms with Crippen LogP contribution >= 0.6 is 0 Å². The van der Waals surface area contributed by atoms with Crippen LogP contribution in [0.25, 0.3) is 38.6 Å². The fourth-order valence-electron chi connectivity index (χ4n) is 11.2. The van der Waals surface area contributed by atoms with E-state index in [2.05, 4.69) is 232 Å². The summed E-state index contributed by atoms with van der Waals surface area (Å²) in [6.45, 7) is 14.5. The number of aromatic nitrogens is 1. The number of rotatable bonds is 3. The van der Waals surface area contributed by atoms with Crippen molar-refractivity contribution < 1.29 is 0 Å². The van der Waals surface area contributed by atoms with Crippen molar-refractivity contribution >= 4 is 55.9 Å². The molecule has 3 aliphatic rings. The van der Waals surface area contributed by atoms with E-state index in [0.29, 0.717) is 0 Å². The van der Waals surface area contributed by atoms with Crippen LogP contribution in [0.5, 0.6) is 0 Å². The van der Waals surface area contributed by atoms with Crippen molar-refractivity contribution in [2.45, 2.75) is 57.8 Å². The van der Waals surface area contributed by atoms with Crippen molar-refractivity contribution in [3.63, 3.8) is 0 Å². The summed E-state index contributed by atoms with van der Waals surface area (Å²) in [5, 5.41) is 2.51. The van der Waals surface area contributed by atoms with Gasteiger partial charge in [-0.2, -0.15) is 0 Å². The van der Waals surface area contributed by atoms with E-state index in [9.17, 15) is 0 Å². The van der Waals surface area contributed by atoms with Crippen LogP contribution < -0.4 is 9.80 Å². The molecule has 290 valence electrons. The third-order valence-corrected chi connectivity index (χ3v) is 14.3. The van der Waals surface area contributed by atoms with Gasteiger partial charge in [0.15, 0.2) is 0 Å². The van der Waals surface area contributed by atoms with Crippen molar-refractivity contribution in [3.05, 3.63) is 209 Å². The van der Waals surface area contributed by atoms with Gasteiger partial charge in [0.25, 0.3) is 0 Å². The molecule has 0 atom stereocenters. The van der Waals surface area contributed by atoms with Gasteiger partial charge >= 0.3 is 0 Å². The fraction of sp³-hybridized carbons (Fsp3) is 0.158. The molecule has 2 aliphatic heterocycles. The molecule has 9 aromatic rings. The molecule has 0 fully saturated rings. The molecular formula is C57H47N3. The zero-order chi connectivity index (χ0) is 40.7. The van der Waals surface area contributed by atoms with E-state index in [1.807, 2.05) is 0 Å². The summed E-state index contributed by atoms with van der Waals surface area (Å²) in [6.07, 6.45) is 0. The molecule has 60 heavy (non-hydrogen) atoms. The Morgan fingerprint density at radius 3 is 1.33 bits per heavy atom. The van der Waals surface area contributed by atoms with Gasteiger partial charge in [-0.05, 0) is 129 Å². The molecule has 0 radical (unpaired) electrons. The Kier molecular flexibility index (Phi) is 7.09. The number of benzene rings is 8. The van der Waals surface area contributed by atoms with Crippen molar-refractivity contribution in [2.24, 2.45) is 0 Å². The molecule has 0 amide bonds. The first-order valence-electron chi connectivity index (χ1n) is 21.4. The highest BCUT2D eigenvalue weighted by Crippen LogP contribution is 2.61. The average Bonchev–Trinajstić information content (AvgIpc) is 3.71. The Bertz CT molecular complexity index is 3240. The van der Waals surface area contributed by atoms with E-state index in [-0.39, 0.29) is 16.2 Å². The van der Waals surface area contributed by atoms with E-state index >= 15 is 0 Å². The summed E-state index contributed by atoms with van der Waals surface area (Å²) in [5.74, 6) is 0. The summed E-state index contributed by atoms with van der Waals surface area (Å²) >= 11 is 0. The summed E-state index contributed by atoms with van der Waals surface area (Å²) < 4.78 is 2.40. The summed E-state index contributed by atoms with van der Waals surface area (Å²) in [5.41, 5.74) is 21.2. The molecule has 8 aromatic carbocycles. The van der Waals surface area contributed by atoms with Crippen LogP contribution in [-0.2, 0) is 16.2 Å². The van der Waals surface area contributed by atoms with Gasteiger partial charge in [0.2, 0.25) is 0 Å². The molecule has 0 unspecified atom stereocenters. The monoisotopic (exact) mass is 773 g/mol. The highest BCUT2D eigenvalue weighted by Gasteiger charge is 2.45. The average molecular weight is 774 g/mol. The molecule has 12 rings (SSSR count). The molecule has 0 saturated heterocycles. The van der Waals surface area contributed by atoms with Crippen LogP contribution in [0.2, 0.25) is 0 Å². The predicted octanol–water partition coefficient (Wildman–Crippen LogP) is 15.3. The van der Waals surface area contributed by atoms with Crippen LogP contribution in [0.4, 0.5) is 34.1 Å². The zero-order valence-corrected chi connectivity index (χ0v) is 35.1. The number of fused-ring (bicyclic) bond motifs is 10. The minimum atomic E-state index is -0.238. The number of nitrogens with zero attached hydrogens (tertiary/aromatic N) is 3. The van der Waals surface area contributed by atoms with Crippen molar-refractivity contribution in [2.75, 3.05) is 9.80 Å². The third-order valence-electron chi connectivity index (χ3n) is 14.3. The molecule has 3 nitrogen and oxygen atoms in total. The Morgan fingerprint density at radius 1 is 0.300 bits per heavy atom. The van der Waals surface area contributed by atoms with Crippen molar-refractivity contribution in [1.29, 1.82) is 0 Å². The van der Waals surface area contributed by atoms with Gasteiger partial charge in [-0.1, -0.05) is 133 Å². The van der Waals surface area contributed by atoms with Crippen molar-refractivity contribution in [1.82, 2.24) is 4.57 Å². The van der Waals surface area contributed by atoms with Crippen LogP contribution in [-0.4, -0.2) is 4.57 Å². The Labute approximate surface area is 352 Å². The summed E-state index contributed by atoms with van der Waals surface area (Å²) in [6, 6.07) is 65.8. The Balaban J connectivity index is 1.09. The molecule has 1 aromatic heterocycles. The molecule has 3 heteroatoms. The van der Waals surface area contributed by atoms with E-state index in [1.165, 1.54) is 106 Å². The zero-order valence-electron chi connectivity index (χ0n) is 35.1. The third kappa shape index (κ3) is 4.61. The van der Waals surface area contributed by atoms with Gasteiger partial charge in [0.05, 0.1) is 33.8 Å². The Morgan fingerprint density at radius 2 is 0.750 bits per heavy atom. The second-order valence-corrected chi connectivity index (χ2v) is 18.6. The molecule has 3 heterocycles. The number of hydrogen-bond donors (Lipinski definition) is 0. The first kappa shape index (κ1) is 35.1. The Hall–Kier alpha value is -6.84. The molecule has 1 aliphatic carbocycles. The lowest BCUT2D eigenvalue weighted by molar-refractivity contribution is 0.624. The molecule has 0 N–H and O–H groups in total. The number of anilines is 6. The molecular weight excluding hydrogens is 727 g/mol. The minimum Gasteiger partial charge on any atom is -0.310 e. The smallest absolute Gasteiger partial charge is 0.0542 e. The topological polar surface area (TPSA) is 11.4 Å². The molecule has 0 bridgehead atoms. The number of para-hydroxylation sites is 5. The predicted molar refractivity (Wildman–Crippen MR) is 252 cm³/mol. The van der Waals surface area contributed by atoms with Gasteiger partial charge in [-0.3, -0.25) is 0 Å². The number of hydrogen-bond acceptors (Lipinski definition) is 2. The quantitative estimate of drug-likeness (QED) is 0.177. The van der Waals surface area contributed by atoms with Crippen LogP contribution in [0.3, 0.4) is 0 Å². The van der Waals surface area contributed by atoms with Gasteiger partial charge in [0, 0.05) is 44.1 Å². The van der Waals surface area contributed by atoms with E-state index in [1.54, 1.807) is 0 Å². The lowest BCUT2D eigenvalue weighted by Crippen LogP contribution is -2.31. The second-order valence-electron chi connectivity index (χ2n) is 18.6. The lowest BCUT2D eigenvalue weighted by atomic mass is 9.71. The maximum atomic E-state index is 2.56. The van der Waals surface area contributed by atoms with Gasteiger partial charge < -0.3 is 14.4 Å². The second kappa shape index (κ2) is 12.1. The van der Waals surface area contributed by atoms with E-state index < -0.39 is 0 Å². The minimum absolute atomic E-state index is 0.190. The van der Waals surface area contributed by atoms with Crippen LogP contribution in [0, 0.1) is 0 Å². The first-order valence-corrected chi connectivity index (χ1v) is 21.4. The maximum Gasteiger partial charge on any atom is 0.0542 e. The van der Waals surface area contributed by atoms with Gasteiger partial charge in [0.1, 0.15) is 0 Å². The van der Waals surface area contributed by atoms with E-state index in [4.69, 9.17) is 0 Å². The van der Waals surface area contributed by atoms with Crippen LogP contribution in [0.15, 0.2) is 176 Å². The van der Waals surface area contributed by atoms with Crippen molar-refractivity contribution in [3.8, 4) is 16.8 Å². The maximum absolute atomic E-state index is 2.56. The summed E-state index contributed by atoms with van der Waals surface area (Å²) in [4.78, 5) is 5.04. The highest BCUT2D eigenvalue weighted by molar-refractivity contribution is 6.11. The highest BCUT2D eigenvalue weighted by atomic mass is 15.2. The van der Waals surface area contributed by atoms with Gasteiger partial charge in [-0.25, -0.2) is 0 Å². The standard InChI is InChI=1S/C57H47N3/c1-55(2)43-24-14-17-27-51(43)59(37-21-11-8-12-22-37)53-34-45-40(32-47(53)55)41-33-48-54(35-46(41)57(45,5)6)60(52-28-18-15-25-44(52)56(48,3)4)38-29-30-50-42(31-38)39-23-13-16-26-49(39)58(50)36-19-9-7-10-20-36/h7-35H,1-6H3. The molecule has 0 spiro atoms. The van der Waals surface area contributed by atoms with Crippen LogP contribution in [0.1, 0.15) is 74.9 Å². The summed E-state index contributed by atoms with van der Waals surface area (Å²) in [7, 11) is 0. The normalized spacial score (nSPS) is 16.2. The largest absolute Gasteiger partial charge is 0.310 e. The fourth-order valence-corrected chi connectivity index (χ4v) is 11.2. The van der Waals surface area contributed by atoms with E-state index in [0.717, 1.165) is 0 Å².